The normalized spacial score (nSPS) is 11.0. The largest absolute Gasteiger partial charge is 0.508 e. The zero-order valence-corrected chi connectivity index (χ0v) is 19.4. The Morgan fingerprint density at radius 3 is 2.55 bits per heavy atom. The summed E-state index contributed by atoms with van der Waals surface area (Å²) >= 11 is 3.52. The number of nitrogens with zero attached hydrogens (tertiary/aromatic N) is 1. The molecule has 0 aliphatic heterocycles. The molecule has 0 bridgehead atoms. The molecular formula is C24H27BrN2O4. The molecule has 1 amide bonds. The van der Waals surface area contributed by atoms with Crippen molar-refractivity contribution in [3.8, 4) is 23.3 Å². The van der Waals surface area contributed by atoms with Crippen molar-refractivity contribution in [2.45, 2.75) is 39.5 Å². The van der Waals surface area contributed by atoms with Crippen LogP contribution in [-0.2, 0) is 4.79 Å². The number of unbranched alkanes of at least 4 members (excludes halogenated alkanes) is 3. The summed E-state index contributed by atoms with van der Waals surface area (Å²) in [6, 6.07) is 11.5. The van der Waals surface area contributed by atoms with Gasteiger partial charge in [0.2, 0.25) is 0 Å². The maximum Gasteiger partial charge on any atom is 0.266 e. The molecule has 2 aromatic carbocycles. The van der Waals surface area contributed by atoms with E-state index in [1.807, 2.05) is 13.0 Å². The molecule has 0 saturated carbocycles. The first-order chi connectivity index (χ1) is 15.0. The van der Waals surface area contributed by atoms with Gasteiger partial charge in [-0.05, 0) is 77.3 Å². The van der Waals surface area contributed by atoms with Crippen molar-refractivity contribution in [3.05, 3.63) is 52.0 Å². The van der Waals surface area contributed by atoms with Crippen LogP contribution in [0.1, 0.15) is 45.1 Å². The number of ether oxygens (including phenoxy) is 2. The number of nitrogens with one attached hydrogen (secondary N) is 1. The van der Waals surface area contributed by atoms with Crippen LogP contribution in [-0.4, -0.2) is 24.2 Å². The molecule has 6 nitrogen and oxygen atoms in total. The molecule has 0 aliphatic rings. The fourth-order valence-electron chi connectivity index (χ4n) is 2.84. The molecular weight excluding hydrogens is 460 g/mol. The molecule has 0 spiro atoms. The minimum Gasteiger partial charge on any atom is -0.508 e. The summed E-state index contributed by atoms with van der Waals surface area (Å²) in [6.45, 7) is 5.09. The highest BCUT2D eigenvalue weighted by Crippen LogP contribution is 2.37. The van der Waals surface area contributed by atoms with Gasteiger partial charge < -0.3 is 19.9 Å². The number of benzene rings is 2. The molecule has 0 aromatic heterocycles. The number of hydrogen-bond donors (Lipinski definition) is 2. The number of phenolic OH excluding ortho intramolecular Hbond substituents is 1. The van der Waals surface area contributed by atoms with Gasteiger partial charge in [-0.25, -0.2) is 0 Å². The molecule has 2 N–H and O–H groups in total. The smallest absolute Gasteiger partial charge is 0.266 e. The highest BCUT2D eigenvalue weighted by atomic mass is 79.9. The van der Waals surface area contributed by atoms with Crippen molar-refractivity contribution < 1.29 is 19.4 Å². The van der Waals surface area contributed by atoms with Crippen molar-refractivity contribution in [1.82, 2.24) is 0 Å². The van der Waals surface area contributed by atoms with E-state index in [1.54, 1.807) is 24.3 Å². The average Bonchev–Trinajstić information content (AvgIpc) is 2.75. The summed E-state index contributed by atoms with van der Waals surface area (Å²) in [5.41, 5.74) is 1.05. The van der Waals surface area contributed by atoms with Crippen molar-refractivity contribution >= 4 is 33.6 Å². The summed E-state index contributed by atoms with van der Waals surface area (Å²) in [4.78, 5) is 12.5. The van der Waals surface area contributed by atoms with Crippen molar-refractivity contribution in [1.29, 1.82) is 5.26 Å². The van der Waals surface area contributed by atoms with E-state index in [0.29, 0.717) is 40.4 Å². The fourth-order valence-corrected chi connectivity index (χ4v) is 3.41. The lowest BCUT2D eigenvalue weighted by Gasteiger charge is -2.15. The third-order valence-electron chi connectivity index (χ3n) is 4.38. The van der Waals surface area contributed by atoms with Crippen molar-refractivity contribution in [3.63, 3.8) is 0 Å². The Hall–Kier alpha value is -2.98. The molecule has 0 saturated heterocycles. The van der Waals surface area contributed by atoms with Crippen LogP contribution in [0.25, 0.3) is 6.08 Å². The third kappa shape index (κ3) is 7.65. The molecule has 7 heteroatoms. The first kappa shape index (κ1) is 24.3. The number of rotatable bonds is 11. The van der Waals surface area contributed by atoms with Crippen molar-refractivity contribution in [2.24, 2.45) is 0 Å². The summed E-state index contributed by atoms with van der Waals surface area (Å²) in [5, 5.41) is 21.5. The molecule has 31 heavy (non-hydrogen) atoms. The second-order valence-electron chi connectivity index (χ2n) is 6.84. The molecule has 0 aliphatic carbocycles. The standard InChI is InChI=1S/C24H27BrN2O4/c1-3-5-6-7-12-31-23-21(25)14-17(15-22(23)30-4-2)13-18(16-26)24(29)27-19-8-10-20(28)11-9-19/h8-11,13-15,28H,3-7,12H2,1-2H3,(H,27,29)/b18-13+. The van der Waals surface area contributed by atoms with E-state index >= 15 is 0 Å². The van der Waals surface area contributed by atoms with E-state index in [1.165, 1.54) is 24.6 Å². The zero-order valence-electron chi connectivity index (χ0n) is 17.8. The molecule has 164 valence electrons. The monoisotopic (exact) mass is 486 g/mol. The second-order valence-corrected chi connectivity index (χ2v) is 7.70. The lowest BCUT2D eigenvalue weighted by atomic mass is 10.1. The first-order valence-corrected chi connectivity index (χ1v) is 11.1. The molecule has 2 aromatic rings. The first-order valence-electron chi connectivity index (χ1n) is 10.3. The molecule has 2 rings (SSSR count). The summed E-state index contributed by atoms with van der Waals surface area (Å²) < 4.78 is 12.4. The Kier molecular flexibility index (Phi) is 9.92. The van der Waals surface area contributed by atoms with E-state index in [2.05, 4.69) is 28.2 Å². The Morgan fingerprint density at radius 2 is 1.90 bits per heavy atom. The van der Waals surface area contributed by atoms with E-state index in [9.17, 15) is 15.2 Å². The van der Waals surface area contributed by atoms with Crippen LogP contribution in [0.2, 0.25) is 0 Å². The number of anilines is 1. The van der Waals surface area contributed by atoms with Crippen LogP contribution in [0.5, 0.6) is 17.2 Å². The molecule has 0 fully saturated rings. The SMILES string of the molecule is CCCCCCOc1c(Br)cc(/C=C(\C#N)C(=O)Nc2ccc(O)cc2)cc1OCC. The van der Waals surface area contributed by atoms with Gasteiger partial charge in [0.1, 0.15) is 17.4 Å². The van der Waals surface area contributed by atoms with Gasteiger partial charge in [0, 0.05) is 5.69 Å². The van der Waals surface area contributed by atoms with Gasteiger partial charge in [-0.3, -0.25) is 4.79 Å². The molecule has 0 heterocycles. The van der Waals surface area contributed by atoms with Crippen molar-refractivity contribution in [2.75, 3.05) is 18.5 Å². The maximum atomic E-state index is 12.5. The number of carbonyl (C=O) groups excluding carboxylic acids is 1. The van der Waals surface area contributed by atoms with E-state index in [-0.39, 0.29) is 11.3 Å². The second kappa shape index (κ2) is 12.7. The lowest BCUT2D eigenvalue weighted by Crippen LogP contribution is -2.13. The third-order valence-corrected chi connectivity index (χ3v) is 4.97. The maximum absolute atomic E-state index is 12.5. The number of halogens is 1. The zero-order chi connectivity index (χ0) is 22.6. The number of hydrogen-bond acceptors (Lipinski definition) is 5. The van der Waals surface area contributed by atoms with Gasteiger partial charge in [-0.1, -0.05) is 26.2 Å². The molecule has 0 atom stereocenters. The highest BCUT2D eigenvalue weighted by Gasteiger charge is 2.14. The van der Waals surface area contributed by atoms with Crippen LogP contribution < -0.4 is 14.8 Å². The topological polar surface area (TPSA) is 91.6 Å². The summed E-state index contributed by atoms with van der Waals surface area (Å²) in [6.07, 6.45) is 5.91. The quantitative estimate of drug-likeness (QED) is 0.174. The van der Waals surface area contributed by atoms with Gasteiger partial charge in [0.15, 0.2) is 11.5 Å². The number of amides is 1. The predicted octanol–water partition coefficient (Wildman–Crippen LogP) is 6.06. The van der Waals surface area contributed by atoms with E-state index in [4.69, 9.17) is 9.47 Å². The van der Waals surface area contributed by atoms with Crippen LogP contribution in [0.15, 0.2) is 46.4 Å². The van der Waals surface area contributed by atoms with Gasteiger partial charge in [0.05, 0.1) is 17.7 Å². The minimum absolute atomic E-state index is 0.0596. The average molecular weight is 487 g/mol. The molecule has 0 unspecified atom stereocenters. The fraction of sp³-hybridized carbons (Fsp3) is 0.333. The minimum atomic E-state index is -0.543. The van der Waals surface area contributed by atoms with Crippen LogP contribution >= 0.6 is 15.9 Å². The Morgan fingerprint density at radius 1 is 1.16 bits per heavy atom. The summed E-state index contributed by atoms with van der Waals surface area (Å²) in [5.74, 6) is 0.714. The van der Waals surface area contributed by atoms with Crippen LogP contribution in [0, 0.1) is 11.3 Å². The number of carbonyl (C=O) groups is 1. The van der Waals surface area contributed by atoms with Crippen LogP contribution in [0.3, 0.4) is 0 Å². The number of aromatic hydroxyl groups is 1. The van der Waals surface area contributed by atoms with E-state index in [0.717, 1.165) is 19.3 Å². The Bertz CT molecular complexity index is 949. The van der Waals surface area contributed by atoms with Crippen LogP contribution in [0.4, 0.5) is 5.69 Å². The number of nitriles is 1. The van der Waals surface area contributed by atoms with Gasteiger partial charge in [-0.15, -0.1) is 0 Å². The van der Waals surface area contributed by atoms with Gasteiger partial charge >= 0.3 is 0 Å². The highest BCUT2D eigenvalue weighted by molar-refractivity contribution is 9.10. The van der Waals surface area contributed by atoms with E-state index < -0.39 is 5.91 Å². The Labute approximate surface area is 191 Å². The predicted molar refractivity (Wildman–Crippen MR) is 125 cm³/mol. The van der Waals surface area contributed by atoms with Gasteiger partial charge in [0.25, 0.3) is 5.91 Å². The van der Waals surface area contributed by atoms with Gasteiger partial charge in [-0.2, -0.15) is 5.26 Å². The molecule has 0 radical (unpaired) electrons. The lowest BCUT2D eigenvalue weighted by molar-refractivity contribution is -0.112. The summed E-state index contributed by atoms with van der Waals surface area (Å²) in [7, 11) is 0. The Balaban J connectivity index is 2.20. The number of phenols is 1.